The predicted molar refractivity (Wildman–Crippen MR) is 95.4 cm³/mol. The molecular formula is C18H13BrF3N3O. The lowest BCUT2D eigenvalue weighted by atomic mass is 10.1. The van der Waals surface area contributed by atoms with E-state index < -0.39 is 17.6 Å². The summed E-state index contributed by atoms with van der Waals surface area (Å²) in [6, 6.07) is 9.49. The number of hydrogen-bond acceptors (Lipinski definition) is 2. The highest BCUT2D eigenvalue weighted by atomic mass is 79.9. The third-order valence-electron chi connectivity index (χ3n) is 3.72. The van der Waals surface area contributed by atoms with Crippen molar-refractivity contribution in [2.45, 2.75) is 13.1 Å². The Labute approximate surface area is 155 Å². The maximum absolute atomic E-state index is 12.8. The van der Waals surface area contributed by atoms with E-state index in [1.54, 1.807) is 35.3 Å². The van der Waals surface area contributed by atoms with Crippen molar-refractivity contribution in [1.82, 2.24) is 9.78 Å². The average Bonchev–Trinajstić information content (AvgIpc) is 3.02. The average molecular weight is 424 g/mol. The molecule has 134 valence electrons. The third-order valence-corrected chi connectivity index (χ3v) is 4.13. The molecule has 26 heavy (non-hydrogen) atoms. The summed E-state index contributed by atoms with van der Waals surface area (Å²) in [4.78, 5) is 12.3. The molecule has 0 fully saturated rings. The van der Waals surface area contributed by atoms with Gasteiger partial charge in [0.15, 0.2) is 0 Å². The fraction of sp³-hybridized carbons (Fsp3) is 0.111. The molecule has 0 aliphatic carbocycles. The molecule has 0 saturated carbocycles. The van der Waals surface area contributed by atoms with Crippen LogP contribution in [0.3, 0.4) is 0 Å². The molecule has 0 radical (unpaired) electrons. The van der Waals surface area contributed by atoms with E-state index in [1.165, 1.54) is 12.1 Å². The Morgan fingerprint density at radius 2 is 1.96 bits per heavy atom. The smallest absolute Gasteiger partial charge is 0.322 e. The summed E-state index contributed by atoms with van der Waals surface area (Å²) in [6.07, 6.45) is -1.10. The number of aromatic nitrogens is 2. The van der Waals surface area contributed by atoms with Crippen molar-refractivity contribution in [1.29, 1.82) is 0 Å². The van der Waals surface area contributed by atoms with Crippen LogP contribution in [0.15, 0.2) is 59.3 Å². The summed E-state index contributed by atoms with van der Waals surface area (Å²) < 4.78 is 40.8. The van der Waals surface area contributed by atoms with Crippen LogP contribution in [-0.2, 0) is 6.18 Å². The summed E-state index contributed by atoms with van der Waals surface area (Å²) in [5.74, 6) is -0.618. The Morgan fingerprint density at radius 1 is 1.19 bits per heavy atom. The lowest BCUT2D eigenvalue weighted by Gasteiger charge is -2.11. The number of hydrogen-bond donors (Lipinski definition) is 1. The van der Waals surface area contributed by atoms with E-state index in [0.717, 1.165) is 27.9 Å². The first-order valence-corrected chi connectivity index (χ1v) is 8.33. The van der Waals surface area contributed by atoms with Gasteiger partial charge in [0.05, 0.1) is 21.9 Å². The molecule has 0 saturated heterocycles. The molecule has 0 spiro atoms. The van der Waals surface area contributed by atoms with Crippen LogP contribution in [0.1, 0.15) is 21.5 Å². The van der Waals surface area contributed by atoms with Gasteiger partial charge >= 0.3 is 6.18 Å². The van der Waals surface area contributed by atoms with Crippen molar-refractivity contribution >= 4 is 27.5 Å². The molecule has 1 amide bonds. The molecule has 0 bridgehead atoms. The number of alkyl halides is 3. The summed E-state index contributed by atoms with van der Waals surface area (Å²) in [6.45, 7) is 1.89. The molecule has 0 aliphatic heterocycles. The molecule has 4 nitrogen and oxygen atoms in total. The minimum atomic E-state index is -4.50. The van der Waals surface area contributed by atoms with Crippen molar-refractivity contribution in [2.24, 2.45) is 0 Å². The zero-order chi connectivity index (χ0) is 18.9. The van der Waals surface area contributed by atoms with E-state index in [1.807, 2.05) is 6.92 Å². The monoisotopic (exact) mass is 423 g/mol. The molecule has 8 heteroatoms. The van der Waals surface area contributed by atoms with E-state index >= 15 is 0 Å². The van der Waals surface area contributed by atoms with Crippen molar-refractivity contribution in [2.75, 3.05) is 5.32 Å². The molecule has 1 heterocycles. The van der Waals surface area contributed by atoms with Gasteiger partial charge in [0.1, 0.15) is 0 Å². The van der Waals surface area contributed by atoms with Gasteiger partial charge in [-0.1, -0.05) is 12.1 Å². The number of nitrogens with zero attached hydrogens (tertiary/aromatic N) is 2. The minimum Gasteiger partial charge on any atom is -0.322 e. The Balaban J connectivity index is 1.86. The summed E-state index contributed by atoms with van der Waals surface area (Å²) in [7, 11) is 0. The highest BCUT2D eigenvalue weighted by molar-refractivity contribution is 9.10. The number of amides is 1. The fourth-order valence-electron chi connectivity index (χ4n) is 2.41. The highest BCUT2D eigenvalue weighted by Crippen LogP contribution is 2.29. The molecule has 0 unspecified atom stereocenters. The van der Waals surface area contributed by atoms with Crippen molar-refractivity contribution in [3.05, 3.63) is 76.0 Å². The number of rotatable bonds is 3. The number of carbonyl (C=O) groups is 1. The molecule has 0 aliphatic rings. The Hall–Kier alpha value is -2.61. The number of nitrogens with one attached hydrogen (secondary N) is 1. The molecule has 2 aromatic carbocycles. The van der Waals surface area contributed by atoms with E-state index in [2.05, 4.69) is 26.3 Å². The normalized spacial score (nSPS) is 11.4. The SMILES string of the molecule is Cc1ccc(NC(=O)c2cccc(C(F)(F)F)c2)cc1-n1cc(Br)cn1. The lowest BCUT2D eigenvalue weighted by molar-refractivity contribution is -0.137. The largest absolute Gasteiger partial charge is 0.416 e. The van der Waals surface area contributed by atoms with Gasteiger partial charge in [0.2, 0.25) is 0 Å². The number of anilines is 1. The van der Waals surface area contributed by atoms with Crippen LogP contribution < -0.4 is 5.32 Å². The summed E-state index contributed by atoms with van der Waals surface area (Å²) in [5.41, 5.74) is 1.20. The van der Waals surface area contributed by atoms with Gasteiger partial charge in [-0.2, -0.15) is 18.3 Å². The van der Waals surface area contributed by atoms with Crippen LogP contribution >= 0.6 is 15.9 Å². The van der Waals surface area contributed by atoms with Crippen LogP contribution in [0.5, 0.6) is 0 Å². The quantitative estimate of drug-likeness (QED) is 0.627. The van der Waals surface area contributed by atoms with Crippen LogP contribution in [-0.4, -0.2) is 15.7 Å². The maximum atomic E-state index is 12.8. The van der Waals surface area contributed by atoms with Gasteiger partial charge in [0.25, 0.3) is 5.91 Å². The van der Waals surface area contributed by atoms with E-state index in [9.17, 15) is 18.0 Å². The standard InChI is InChI=1S/C18H13BrF3N3O/c1-11-5-6-15(8-16(11)25-10-14(19)9-23-25)24-17(26)12-3-2-4-13(7-12)18(20,21)22/h2-10H,1H3,(H,24,26). The first-order valence-electron chi connectivity index (χ1n) is 7.54. The van der Waals surface area contributed by atoms with E-state index in [0.29, 0.717) is 5.69 Å². The molecule has 3 rings (SSSR count). The molecule has 0 atom stereocenters. The second-order valence-electron chi connectivity index (χ2n) is 5.64. The van der Waals surface area contributed by atoms with Crippen LogP contribution in [0.25, 0.3) is 5.69 Å². The van der Waals surface area contributed by atoms with Gasteiger partial charge in [0, 0.05) is 17.4 Å². The molecule has 1 aromatic heterocycles. The number of benzene rings is 2. The predicted octanol–water partition coefficient (Wildman–Crippen LogP) is 5.21. The number of carbonyl (C=O) groups excluding carboxylic acids is 1. The van der Waals surface area contributed by atoms with Gasteiger partial charge in [-0.3, -0.25) is 4.79 Å². The van der Waals surface area contributed by atoms with E-state index in [4.69, 9.17) is 0 Å². The van der Waals surface area contributed by atoms with Gasteiger partial charge in [-0.15, -0.1) is 0 Å². The zero-order valence-corrected chi connectivity index (χ0v) is 15.1. The van der Waals surface area contributed by atoms with Crippen molar-refractivity contribution in [3.63, 3.8) is 0 Å². The summed E-state index contributed by atoms with van der Waals surface area (Å²) >= 11 is 3.32. The van der Waals surface area contributed by atoms with Crippen LogP contribution in [0, 0.1) is 6.92 Å². The first kappa shape index (κ1) is 18.2. The van der Waals surface area contributed by atoms with Gasteiger partial charge < -0.3 is 5.32 Å². The second-order valence-corrected chi connectivity index (χ2v) is 6.55. The maximum Gasteiger partial charge on any atom is 0.416 e. The van der Waals surface area contributed by atoms with Crippen molar-refractivity contribution < 1.29 is 18.0 Å². The topological polar surface area (TPSA) is 46.9 Å². The first-order chi connectivity index (χ1) is 12.2. The zero-order valence-electron chi connectivity index (χ0n) is 13.5. The van der Waals surface area contributed by atoms with Gasteiger partial charge in [-0.05, 0) is 58.7 Å². The number of aryl methyl sites for hydroxylation is 1. The Morgan fingerprint density at radius 3 is 2.62 bits per heavy atom. The molecule has 3 aromatic rings. The Kier molecular flexibility index (Phi) is 4.86. The lowest BCUT2D eigenvalue weighted by Crippen LogP contribution is -2.14. The highest BCUT2D eigenvalue weighted by Gasteiger charge is 2.30. The molecular weight excluding hydrogens is 411 g/mol. The van der Waals surface area contributed by atoms with Crippen LogP contribution in [0.4, 0.5) is 18.9 Å². The fourth-order valence-corrected chi connectivity index (χ4v) is 2.69. The van der Waals surface area contributed by atoms with Crippen molar-refractivity contribution in [3.8, 4) is 5.69 Å². The molecule has 1 N–H and O–H groups in total. The van der Waals surface area contributed by atoms with E-state index in [-0.39, 0.29) is 5.56 Å². The minimum absolute atomic E-state index is 0.0659. The van der Waals surface area contributed by atoms with Crippen LogP contribution in [0.2, 0.25) is 0 Å². The number of halogens is 4. The summed E-state index contributed by atoms with van der Waals surface area (Å²) in [5, 5.41) is 6.82. The van der Waals surface area contributed by atoms with Gasteiger partial charge in [-0.25, -0.2) is 4.68 Å². The second kappa shape index (κ2) is 6.95. The Bertz CT molecular complexity index is 966. The third kappa shape index (κ3) is 3.96.